The van der Waals surface area contributed by atoms with E-state index < -0.39 is 23.8 Å². The zero-order chi connectivity index (χ0) is 16.7. The highest BCUT2D eigenvalue weighted by Crippen LogP contribution is 2.48. The second-order valence-corrected chi connectivity index (χ2v) is 8.18. The minimum atomic E-state index is -0.933. The number of allylic oxidation sites excluding steroid dienone is 2. The zero-order valence-electron chi connectivity index (χ0n) is 11.9. The topological polar surface area (TPSA) is 83.8 Å². The number of carboxylic acid groups (broad SMARTS) is 1. The van der Waals surface area contributed by atoms with Gasteiger partial charge in [-0.3, -0.25) is 9.59 Å². The van der Waals surface area contributed by atoms with E-state index in [9.17, 15) is 19.8 Å². The fourth-order valence-electron chi connectivity index (χ4n) is 3.43. The van der Waals surface area contributed by atoms with Gasteiger partial charge in [0.1, 0.15) is 12.4 Å². The molecule has 5 nitrogen and oxygen atoms in total. The smallest absolute Gasteiger partial charge is 0.310 e. The van der Waals surface area contributed by atoms with Gasteiger partial charge in [0.25, 0.3) is 0 Å². The van der Waals surface area contributed by atoms with Crippen molar-refractivity contribution in [3.05, 3.63) is 37.0 Å². The standard InChI is InChI=1S/C16H14I2O5/c17-10-3-7(4-11(18)14(10)19)6-23-16(22)13-9-2-1-8(5-9)12(13)15(20)21/h1-4,8-9,12-13,19H,5-6H2,(H,20,21). The molecular formula is C16H14I2O5. The highest BCUT2D eigenvalue weighted by Gasteiger charge is 2.52. The average Bonchev–Trinajstić information content (AvgIpc) is 3.10. The van der Waals surface area contributed by atoms with Crippen LogP contribution in [0.5, 0.6) is 5.75 Å². The predicted molar refractivity (Wildman–Crippen MR) is 98.7 cm³/mol. The Morgan fingerprint density at radius 1 is 1.13 bits per heavy atom. The highest BCUT2D eigenvalue weighted by molar-refractivity contribution is 14.1. The summed E-state index contributed by atoms with van der Waals surface area (Å²) in [5.41, 5.74) is 0.774. The molecule has 0 aliphatic heterocycles. The number of aliphatic carboxylic acids is 1. The van der Waals surface area contributed by atoms with Crippen molar-refractivity contribution < 1.29 is 24.5 Å². The van der Waals surface area contributed by atoms with E-state index >= 15 is 0 Å². The minimum absolute atomic E-state index is 0.0336. The molecule has 0 aromatic heterocycles. The minimum Gasteiger partial charge on any atom is -0.506 e. The Morgan fingerprint density at radius 3 is 2.26 bits per heavy atom. The lowest BCUT2D eigenvalue weighted by atomic mass is 9.83. The molecule has 0 heterocycles. The van der Waals surface area contributed by atoms with Crippen molar-refractivity contribution in [1.29, 1.82) is 0 Å². The van der Waals surface area contributed by atoms with Crippen molar-refractivity contribution in [3.8, 4) is 5.75 Å². The molecule has 122 valence electrons. The molecule has 1 saturated carbocycles. The molecule has 2 aliphatic carbocycles. The summed E-state index contributed by atoms with van der Waals surface area (Å²) in [7, 11) is 0. The number of hydrogen-bond donors (Lipinski definition) is 2. The first-order valence-corrected chi connectivity index (χ1v) is 9.29. The number of carbonyl (C=O) groups is 2. The molecular weight excluding hydrogens is 526 g/mol. The van der Waals surface area contributed by atoms with Crippen molar-refractivity contribution in [2.24, 2.45) is 23.7 Å². The Balaban J connectivity index is 1.70. The van der Waals surface area contributed by atoms with Gasteiger partial charge in [-0.05, 0) is 81.1 Å². The number of esters is 1. The molecule has 0 amide bonds. The van der Waals surface area contributed by atoms with Gasteiger partial charge in [-0.1, -0.05) is 12.2 Å². The van der Waals surface area contributed by atoms with E-state index in [4.69, 9.17) is 4.74 Å². The van der Waals surface area contributed by atoms with Crippen LogP contribution in [-0.2, 0) is 20.9 Å². The van der Waals surface area contributed by atoms with Gasteiger partial charge in [0, 0.05) is 0 Å². The van der Waals surface area contributed by atoms with Gasteiger partial charge in [-0.15, -0.1) is 0 Å². The second-order valence-electron chi connectivity index (χ2n) is 5.85. The number of carbonyl (C=O) groups excluding carboxylic acids is 1. The van der Waals surface area contributed by atoms with Crippen molar-refractivity contribution >= 4 is 57.1 Å². The first-order chi connectivity index (χ1) is 10.9. The maximum Gasteiger partial charge on any atom is 0.310 e. The summed E-state index contributed by atoms with van der Waals surface area (Å²) in [4.78, 5) is 23.8. The molecule has 4 atom stereocenters. The van der Waals surface area contributed by atoms with Crippen molar-refractivity contribution in [3.63, 3.8) is 0 Å². The maximum atomic E-state index is 12.4. The first-order valence-electron chi connectivity index (χ1n) is 7.13. The van der Waals surface area contributed by atoms with Crippen molar-refractivity contribution in [2.45, 2.75) is 13.0 Å². The van der Waals surface area contributed by atoms with Gasteiger partial charge < -0.3 is 14.9 Å². The van der Waals surface area contributed by atoms with Gasteiger partial charge in [0.15, 0.2) is 0 Å². The highest BCUT2D eigenvalue weighted by atomic mass is 127. The molecule has 2 N–H and O–H groups in total. The van der Waals surface area contributed by atoms with Gasteiger partial charge in [-0.25, -0.2) is 0 Å². The number of ether oxygens (including phenoxy) is 1. The van der Waals surface area contributed by atoms with Crippen LogP contribution in [0.2, 0.25) is 0 Å². The summed E-state index contributed by atoms with van der Waals surface area (Å²) in [6, 6.07) is 3.50. The van der Waals surface area contributed by atoms with Gasteiger partial charge in [-0.2, -0.15) is 0 Å². The Morgan fingerprint density at radius 2 is 1.70 bits per heavy atom. The molecule has 1 aromatic carbocycles. The summed E-state index contributed by atoms with van der Waals surface area (Å²) in [5, 5.41) is 19.1. The summed E-state index contributed by atoms with van der Waals surface area (Å²) in [5.74, 6) is -2.55. The first kappa shape index (κ1) is 17.0. The van der Waals surface area contributed by atoms with Crippen LogP contribution in [0.3, 0.4) is 0 Å². The van der Waals surface area contributed by atoms with E-state index in [0.717, 1.165) is 5.56 Å². The van der Waals surface area contributed by atoms with E-state index in [0.29, 0.717) is 13.6 Å². The predicted octanol–water partition coefficient (Wildman–Crippen LogP) is 3.17. The number of carboxylic acids is 1. The number of rotatable bonds is 4. The molecule has 0 radical (unpaired) electrons. The SMILES string of the molecule is O=C(O)C1C2C=CC(C2)C1C(=O)OCc1cc(I)c(O)c(I)c1. The lowest BCUT2D eigenvalue weighted by molar-refractivity contribution is -0.159. The van der Waals surface area contributed by atoms with Gasteiger partial charge >= 0.3 is 11.9 Å². The zero-order valence-corrected chi connectivity index (χ0v) is 16.2. The van der Waals surface area contributed by atoms with Crippen molar-refractivity contribution in [2.75, 3.05) is 0 Å². The Bertz CT molecular complexity index is 677. The third-order valence-electron chi connectivity index (χ3n) is 4.47. The van der Waals surface area contributed by atoms with E-state index in [1.807, 2.05) is 57.3 Å². The van der Waals surface area contributed by atoms with E-state index in [1.54, 1.807) is 12.1 Å². The number of benzene rings is 1. The molecule has 1 aromatic rings. The van der Waals surface area contributed by atoms with Crippen LogP contribution in [0.4, 0.5) is 0 Å². The van der Waals surface area contributed by atoms with Crippen LogP contribution in [0, 0.1) is 30.8 Å². The lowest BCUT2D eigenvalue weighted by Crippen LogP contribution is -2.34. The summed E-state index contributed by atoms with van der Waals surface area (Å²) >= 11 is 4.03. The largest absolute Gasteiger partial charge is 0.506 e. The molecule has 1 fully saturated rings. The molecule has 3 rings (SSSR count). The van der Waals surface area contributed by atoms with Crippen LogP contribution in [0.25, 0.3) is 0 Å². The third-order valence-corrected chi connectivity index (χ3v) is 6.12. The molecule has 0 saturated heterocycles. The fourth-order valence-corrected chi connectivity index (χ4v) is 5.33. The van der Waals surface area contributed by atoms with Crippen molar-refractivity contribution in [1.82, 2.24) is 0 Å². The monoisotopic (exact) mass is 540 g/mol. The van der Waals surface area contributed by atoms with Crippen LogP contribution >= 0.6 is 45.2 Å². The van der Waals surface area contributed by atoms with Crippen LogP contribution in [-0.4, -0.2) is 22.2 Å². The number of aromatic hydroxyl groups is 1. The summed E-state index contributed by atoms with van der Waals surface area (Å²) in [6.45, 7) is 0.0784. The second kappa shape index (κ2) is 6.58. The van der Waals surface area contributed by atoms with Crippen LogP contribution in [0.15, 0.2) is 24.3 Å². The van der Waals surface area contributed by atoms with Crippen LogP contribution < -0.4 is 0 Å². The van der Waals surface area contributed by atoms with E-state index in [-0.39, 0.29) is 24.2 Å². The molecule has 2 aliphatic rings. The average molecular weight is 540 g/mol. The third kappa shape index (κ3) is 3.21. The maximum absolute atomic E-state index is 12.4. The fraction of sp³-hybridized carbons (Fsp3) is 0.375. The molecule has 23 heavy (non-hydrogen) atoms. The number of fused-ring (bicyclic) bond motifs is 2. The molecule has 7 heteroatoms. The normalized spacial score (nSPS) is 28.1. The number of hydrogen-bond acceptors (Lipinski definition) is 4. The lowest BCUT2D eigenvalue weighted by Gasteiger charge is -2.23. The molecule has 2 bridgehead atoms. The summed E-state index contributed by atoms with van der Waals surface area (Å²) in [6.07, 6.45) is 4.55. The quantitative estimate of drug-likeness (QED) is 0.349. The molecule has 0 spiro atoms. The van der Waals surface area contributed by atoms with Gasteiger partial charge in [0.2, 0.25) is 0 Å². The van der Waals surface area contributed by atoms with Crippen LogP contribution in [0.1, 0.15) is 12.0 Å². The van der Waals surface area contributed by atoms with E-state index in [1.165, 1.54) is 0 Å². The van der Waals surface area contributed by atoms with Gasteiger partial charge in [0.05, 0.1) is 19.0 Å². The number of phenols is 1. The Hall–Kier alpha value is -0.840. The molecule has 4 unspecified atom stereocenters. The Labute approximate surface area is 160 Å². The summed E-state index contributed by atoms with van der Waals surface area (Å²) < 4.78 is 6.74. The van der Waals surface area contributed by atoms with E-state index in [2.05, 4.69) is 0 Å². The Kier molecular flexibility index (Phi) is 4.86. The number of halogens is 2. The number of phenolic OH excluding ortho intramolecular Hbond substituents is 1.